The largest absolute Gasteiger partial charge is 0.378 e. The van der Waals surface area contributed by atoms with Crippen molar-refractivity contribution in [2.24, 2.45) is 0 Å². The van der Waals surface area contributed by atoms with Gasteiger partial charge in [0.25, 0.3) is 0 Å². The number of nitrogens with one attached hydrogen (secondary N) is 1. The van der Waals surface area contributed by atoms with E-state index in [1.807, 2.05) is 0 Å². The van der Waals surface area contributed by atoms with Crippen molar-refractivity contribution < 1.29 is 4.74 Å². The molecule has 2 rings (SSSR count). The van der Waals surface area contributed by atoms with Crippen LogP contribution in [0.3, 0.4) is 0 Å². The quantitative estimate of drug-likeness (QED) is 0.907. The van der Waals surface area contributed by atoms with Gasteiger partial charge in [-0.15, -0.1) is 0 Å². The van der Waals surface area contributed by atoms with Gasteiger partial charge in [0.15, 0.2) is 0 Å². The van der Waals surface area contributed by atoms with Gasteiger partial charge in [-0.3, -0.25) is 0 Å². The number of halogens is 1. The summed E-state index contributed by atoms with van der Waals surface area (Å²) in [6, 6.07) is 9.11. The summed E-state index contributed by atoms with van der Waals surface area (Å²) in [4.78, 5) is 0. The van der Waals surface area contributed by atoms with E-state index >= 15 is 0 Å². The normalized spacial score (nSPS) is 18.5. The molecule has 1 heterocycles. The van der Waals surface area contributed by atoms with E-state index in [-0.39, 0.29) is 0 Å². The number of hydrogen-bond acceptors (Lipinski definition) is 2. The first kappa shape index (κ1) is 11.1. The van der Waals surface area contributed by atoms with Crippen molar-refractivity contribution >= 4 is 15.9 Å². The van der Waals surface area contributed by atoms with Gasteiger partial charge in [0.2, 0.25) is 0 Å². The highest BCUT2D eigenvalue weighted by Crippen LogP contribution is 2.18. The summed E-state index contributed by atoms with van der Waals surface area (Å²) < 4.78 is 6.26. The third-order valence-electron chi connectivity index (χ3n) is 2.79. The number of hydrogen-bond donors (Lipinski definition) is 1. The SMILES string of the molecule is CC(CNC1COC1)c1ccc(Br)cc1. The average Bonchev–Trinajstić information content (AvgIpc) is 2.16. The Hall–Kier alpha value is -0.380. The van der Waals surface area contributed by atoms with Crippen LogP contribution in [0.1, 0.15) is 18.4 Å². The molecule has 0 spiro atoms. The zero-order chi connectivity index (χ0) is 10.7. The summed E-state index contributed by atoms with van der Waals surface area (Å²) in [6.07, 6.45) is 0. The van der Waals surface area contributed by atoms with Gasteiger partial charge in [0.05, 0.1) is 19.3 Å². The lowest BCUT2D eigenvalue weighted by Crippen LogP contribution is -2.47. The molecule has 1 fully saturated rings. The Morgan fingerprint density at radius 1 is 1.40 bits per heavy atom. The fourth-order valence-corrected chi connectivity index (χ4v) is 1.87. The van der Waals surface area contributed by atoms with E-state index in [0.717, 1.165) is 24.2 Å². The lowest BCUT2D eigenvalue weighted by Gasteiger charge is -2.28. The molecule has 0 amide bonds. The number of ether oxygens (including phenoxy) is 1. The van der Waals surface area contributed by atoms with Crippen LogP contribution in [-0.4, -0.2) is 25.8 Å². The minimum absolute atomic E-state index is 0.554. The van der Waals surface area contributed by atoms with Crippen LogP contribution >= 0.6 is 15.9 Å². The average molecular weight is 270 g/mol. The molecule has 0 bridgehead atoms. The van der Waals surface area contributed by atoms with Crippen LogP contribution in [0.15, 0.2) is 28.7 Å². The third-order valence-corrected chi connectivity index (χ3v) is 3.32. The van der Waals surface area contributed by atoms with Crippen LogP contribution < -0.4 is 5.32 Å². The van der Waals surface area contributed by atoms with Gasteiger partial charge in [0.1, 0.15) is 0 Å². The van der Waals surface area contributed by atoms with E-state index in [1.54, 1.807) is 0 Å². The van der Waals surface area contributed by atoms with Gasteiger partial charge >= 0.3 is 0 Å². The van der Waals surface area contributed by atoms with Crippen LogP contribution in [0.25, 0.3) is 0 Å². The van der Waals surface area contributed by atoms with Crippen LogP contribution in [0.4, 0.5) is 0 Å². The summed E-state index contributed by atoms with van der Waals surface area (Å²) in [6.45, 7) is 5.01. The van der Waals surface area contributed by atoms with Crippen LogP contribution in [0.2, 0.25) is 0 Å². The summed E-state index contributed by atoms with van der Waals surface area (Å²) >= 11 is 3.44. The molecule has 82 valence electrons. The van der Waals surface area contributed by atoms with Crippen molar-refractivity contribution in [3.8, 4) is 0 Å². The fourth-order valence-electron chi connectivity index (χ4n) is 1.61. The van der Waals surface area contributed by atoms with Crippen molar-refractivity contribution in [2.75, 3.05) is 19.8 Å². The number of rotatable bonds is 4. The van der Waals surface area contributed by atoms with E-state index in [1.165, 1.54) is 5.56 Å². The molecule has 1 aliphatic heterocycles. The molecule has 0 aromatic heterocycles. The second-order valence-electron chi connectivity index (χ2n) is 4.10. The van der Waals surface area contributed by atoms with Gasteiger partial charge in [-0.05, 0) is 23.6 Å². The molecule has 3 heteroatoms. The molecule has 0 saturated carbocycles. The monoisotopic (exact) mass is 269 g/mol. The number of benzene rings is 1. The van der Waals surface area contributed by atoms with Crippen LogP contribution in [-0.2, 0) is 4.74 Å². The highest BCUT2D eigenvalue weighted by atomic mass is 79.9. The Kier molecular flexibility index (Phi) is 3.78. The molecule has 1 aromatic carbocycles. The molecule has 1 unspecified atom stereocenters. The molecule has 2 nitrogen and oxygen atoms in total. The third kappa shape index (κ3) is 3.03. The Labute approximate surface area is 99.1 Å². The summed E-state index contributed by atoms with van der Waals surface area (Å²) in [5, 5.41) is 3.50. The molecule has 1 saturated heterocycles. The molecule has 15 heavy (non-hydrogen) atoms. The molecule has 0 radical (unpaired) electrons. The zero-order valence-corrected chi connectivity index (χ0v) is 10.5. The maximum absolute atomic E-state index is 5.12. The molecule has 1 N–H and O–H groups in total. The molecule has 1 aliphatic rings. The lowest BCUT2D eigenvalue weighted by atomic mass is 10.0. The standard InChI is InChI=1S/C12H16BrNO/c1-9(6-14-12-7-15-8-12)10-2-4-11(13)5-3-10/h2-5,9,12,14H,6-8H2,1H3. The summed E-state index contributed by atoms with van der Waals surface area (Å²) in [7, 11) is 0. The van der Waals surface area contributed by atoms with Crippen molar-refractivity contribution in [1.82, 2.24) is 5.32 Å². The minimum Gasteiger partial charge on any atom is -0.378 e. The van der Waals surface area contributed by atoms with Crippen molar-refractivity contribution in [3.05, 3.63) is 34.3 Å². The maximum Gasteiger partial charge on any atom is 0.0643 e. The van der Waals surface area contributed by atoms with E-state index in [0.29, 0.717) is 12.0 Å². The molecule has 1 aromatic rings. The zero-order valence-electron chi connectivity index (χ0n) is 8.87. The van der Waals surface area contributed by atoms with E-state index < -0.39 is 0 Å². The van der Waals surface area contributed by atoms with Crippen molar-refractivity contribution in [2.45, 2.75) is 18.9 Å². The van der Waals surface area contributed by atoms with Gasteiger partial charge in [-0.25, -0.2) is 0 Å². The topological polar surface area (TPSA) is 21.3 Å². The molecular formula is C12H16BrNO. The Morgan fingerprint density at radius 2 is 2.07 bits per heavy atom. The van der Waals surface area contributed by atoms with Gasteiger partial charge in [0, 0.05) is 11.0 Å². The first-order valence-electron chi connectivity index (χ1n) is 5.32. The second kappa shape index (κ2) is 5.10. The van der Waals surface area contributed by atoms with Gasteiger partial charge in [-0.1, -0.05) is 35.0 Å². The molecule has 1 atom stereocenters. The highest BCUT2D eigenvalue weighted by molar-refractivity contribution is 9.10. The van der Waals surface area contributed by atoms with E-state index in [2.05, 4.69) is 52.4 Å². The second-order valence-corrected chi connectivity index (χ2v) is 5.01. The Bertz CT molecular complexity index is 308. The highest BCUT2D eigenvalue weighted by Gasteiger charge is 2.18. The predicted octanol–water partition coefficient (Wildman–Crippen LogP) is 2.54. The van der Waals surface area contributed by atoms with E-state index in [9.17, 15) is 0 Å². The minimum atomic E-state index is 0.554. The predicted molar refractivity (Wildman–Crippen MR) is 65.2 cm³/mol. The summed E-state index contributed by atoms with van der Waals surface area (Å²) in [5.41, 5.74) is 1.38. The molecular weight excluding hydrogens is 254 g/mol. The Morgan fingerprint density at radius 3 is 2.60 bits per heavy atom. The lowest BCUT2D eigenvalue weighted by molar-refractivity contribution is -0.00530. The first-order chi connectivity index (χ1) is 7.25. The maximum atomic E-state index is 5.12. The smallest absolute Gasteiger partial charge is 0.0643 e. The fraction of sp³-hybridized carbons (Fsp3) is 0.500. The van der Waals surface area contributed by atoms with Crippen LogP contribution in [0.5, 0.6) is 0 Å². The molecule has 0 aliphatic carbocycles. The van der Waals surface area contributed by atoms with Gasteiger partial charge < -0.3 is 10.1 Å². The Balaban J connectivity index is 1.83. The van der Waals surface area contributed by atoms with Crippen molar-refractivity contribution in [3.63, 3.8) is 0 Å². The summed E-state index contributed by atoms with van der Waals surface area (Å²) in [5.74, 6) is 0.554. The first-order valence-corrected chi connectivity index (χ1v) is 6.11. The van der Waals surface area contributed by atoms with E-state index in [4.69, 9.17) is 4.74 Å². The van der Waals surface area contributed by atoms with Crippen LogP contribution in [0, 0.1) is 0 Å². The van der Waals surface area contributed by atoms with Crippen molar-refractivity contribution in [1.29, 1.82) is 0 Å². The van der Waals surface area contributed by atoms with Gasteiger partial charge in [-0.2, -0.15) is 0 Å².